The molecular weight excluding hydrogens is 664 g/mol. The molecule has 0 aliphatic carbocycles. The third-order valence-corrected chi connectivity index (χ3v) is 8.57. The highest BCUT2D eigenvalue weighted by molar-refractivity contribution is 6.09. The topological polar surface area (TPSA) is 159 Å². The number of guanidine groups is 1. The second kappa shape index (κ2) is 17.6. The molecule has 4 aromatic carbocycles. The van der Waals surface area contributed by atoms with Gasteiger partial charge in [-0.25, -0.2) is 14.4 Å². The first-order valence-corrected chi connectivity index (χ1v) is 16.9. The summed E-state index contributed by atoms with van der Waals surface area (Å²) in [6.45, 7) is 1.88. The molecule has 3 N–H and O–H groups in total. The number of carbonyl (C=O) groups is 5. The number of ether oxygens (including phenoxy) is 2. The number of fused-ring (bicyclic) bond motifs is 1. The number of nitrogens with one attached hydrogen (secondary N) is 3. The van der Waals surface area contributed by atoms with Gasteiger partial charge in [0.1, 0.15) is 19.3 Å². The van der Waals surface area contributed by atoms with E-state index in [9.17, 15) is 24.0 Å². The number of urea groups is 1. The van der Waals surface area contributed by atoms with Gasteiger partial charge in [-0.2, -0.15) is 0 Å². The van der Waals surface area contributed by atoms with Crippen molar-refractivity contribution in [2.45, 2.75) is 45.1 Å². The van der Waals surface area contributed by atoms with Crippen molar-refractivity contribution < 1.29 is 33.4 Å². The molecule has 1 saturated heterocycles. The Morgan fingerprint density at radius 3 is 1.94 bits per heavy atom. The maximum atomic E-state index is 13.4. The molecule has 0 bridgehead atoms. The number of amides is 6. The predicted octanol–water partition coefficient (Wildman–Crippen LogP) is 5.51. The van der Waals surface area contributed by atoms with Crippen molar-refractivity contribution in [3.05, 3.63) is 120 Å². The average molecular weight is 707 g/mol. The lowest BCUT2D eigenvalue weighted by Gasteiger charge is -2.45. The number of hydrogen-bond donors (Lipinski definition) is 3. The van der Waals surface area contributed by atoms with Gasteiger partial charge in [0.25, 0.3) is 0 Å². The van der Waals surface area contributed by atoms with Crippen molar-refractivity contribution in [1.29, 1.82) is 0 Å². The Bertz CT molecular complexity index is 1850. The van der Waals surface area contributed by atoms with Gasteiger partial charge < -0.3 is 19.7 Å². The second-order valence-corrected chi connectivity index (χ2v) is 12.5. The van der Waals surface area contributed by atoms with E-state index in [0.29, 0.717) is 6.42 Å². The Balaban J connectivity index is 1.21. The average Bonchev–Trinajstić information content (AvgIpc) is 3.15. The maximum absolute atomic E-state index is 13.4. The number of hydrogen-bond acceptors (Lipinski definition) is 8. The Labute approximate surface area is 302 Å². The molecule has 1 aliphatic rings. The van der Waals surface area contributed by atoms with Crippen LogP contribution in [-0.4, -0.2) is 72.5 Å². The third-order valence-electron chi connectivity index (χ3n) is 8.57. The van der Waals surface area contributed by atoms with Gasteiger partial charge in [0.05, 0.1) is 12.0 Å². The van der Waals surface area contributed by atoms with E-state index in [1.54, 1.807) is 38.4 Å². The SMILES string of the molecule is CC(NC(=O)N1C(=O)[C@H](CCCN=C(NC(=O)OCc2ccccc2)NC(=O)OCc2ccccc2)C1C(=O)N(C)C)c1cccc2ccccc12. The van der Waals surface area contributed by atoms with Gasteiger partial charge in [-0.05, 0) is 47.2 Å². The number of nitrogens with zero attached hydrogens (tertiary/aromatic N) is 3. The van der Waals surface area contributed by atoms with Crippen LogP contribution in [0.4, 0.5) is 14.4 Å². The fourth-order valence-electron chi connectivity index (χ4n) is 5.89. The van der Waals surface area contributed by atoms with Crippen LogP contribution in [0.25, 0.3) is 10.8 Å². The zero-order valence-electron chi connectivity index (χ0n) is 29.3. The number of benzene rings is 4. The van der Waals surface area contributed by atoms with E-state index >= 15 is 0 Å². The van der Waals surface area contributed by atoms with Crippen LogP contribution in [0.5, 0.6) is 0 Å². The van der Waals surface area contributed by atoms with Crippen LogP contribution < -0.4 is 16.0 Å². The number of carbonyl (C=O) groups excluding carboxylic acids is 5. The first-order valence-electron chi connectivity index (χ1n) is 16.9. The van der Waals surface area contributed by atoms with Gasteiger partial charge in [0.15, 0.2) is 0 Å². The molecular formula is C39H42N6O7. The number of likely N-dealkylation sites (tertiary alicyclic amines) is 1. The minimum Gasteiger partial charge on any atom is -0.444 e. The summed E-state index contributed by atoms with van der Waals surface area (Å²) in [5.74, 6) is -1.83. The summed E-state index contributed by atoms with van der Waals surface area (Å²) in [5, 5.41) is 9.76. The molecule has 52 heavy (non-hydrogen) atoms. The largest absolute Gasteiger partial charge is 0.444 e. The van der Waals surface area contributed by atoms with Gasteiger partial charge in [-0.3, -0.25) is 30.1 Å². The molecule has 270 valence electrons. The van der Waals surface area contributed by atoms with E-state index in [4.69, 9.17) is 9.47 Å². The highest BCUT2D eigenvalue weighted by Gasteiger charge is 2.54. The normalized spacial score (nSPS) is 15.4. The number of rotatable bonds is 11. The summed E-state index contributed by atoms with van der Waals surface area (Å²) >= 11 is 0. The molecule has 0 spiro atoms. The summed E-state index contributed by atoms with van der Waals surface area (Å²) in [5.41, 5.74) is 2.42. The summed E-state index contributed by atoms with van der Waals surface area (Å²) in [6, 6.07) is 29.7. The molecule has 2 unspecified atom stereocenters. The predicted molar refractivity (Wildman–Crippen MR) is 195 cm³/mol. The molecule has 5 rings (SSSR count). The Morgan fingerprint density at radius 2 is 1.35 bits per heavy atom. The molecule has 3 atom stereocenters. The zero-order chi connectivity index (χ0) is 37.0. The molecule has 4 aromatic rings. The Morgan fingerprint density at radius 1 is 0.788 bits per heavy atom. The van der Waals surface area contributed by atoms with Crippen molar-refractivity contribution in [3.8, 4) is 0 Å². The molecule has 13 heteroatoms. The molecule has 13 nitrogen and oxygen atoms in total. The minimum atomic E-state index is -0.997. The van der Waals surface area contributed by atoms with Crippen molar-refractivity contribution in [3.63, 3.8) is 0 Å². The van der Waals surface area contributed by atoms with Gasteiger partial charge >= 0.3 is 18.2 Å². The van der Waals surface area contributed by atoms with Gasteiger partial charge in [-0.15, -0.1) is 0 Å². The van der Waals surface area contributed by atoms with E-state index in [-0.39, 0.29) is 38.0 Å². The highest BCUT2D eigenvalue weighted by Crippen LogP contribution is 2.33. The molecule has 1 heterocycles. The van der Waals surface area contributed by atoms with Crippen LogP contribution in [0.3, 0.4) is 0 Å². The fraction of sp³-hybridized carbons (Fsp3) is 0.282. The summed E-state index contributed by atoms with van der Waals surface area (Å²) in [6.07, 6.45) is -1.19. The van der Waals surface area contributed by atoms with Crippen molar-refractivity contribution in [2.24, 2.45) is 10.9 Å². The smallest absolute Gasteiger partial charge is 0.414 e. The lowest BCUT2D eigenvalue weighted by atomic mass is 9.83. The van der Waals surface area contributed by atoms with E-state index in [2.05, 4.69) is 20.9 Å². The van der Waals surface area contributed by atoms with Crippen LogP contribution in [0, 0.1) is 5.92 Å². The molecule has 1 aliphatic heterocycles. The van der Waals surface area contributed by atoms with Crippen LogP contribution in [-0.2, 0) is 32.3 Å². The van der Waals surface area contributed by atoms with Crippen molar-refractivity contribution >= 4 is 46.8 Å². The van der Waals surface area contributed by atoms with Crippen molar-refractivity contribution in [2.75, 3.05) is 20.6 Å². The molecule has 1 fully saturated rings. The molecule has 6 amide bonds. The van der Waals surface area contributed by atoms with Crippen molar-refractivity contribution in [1.82, 2.24) is 25.8 Å². The molecule has 0 radical (unpaired) electrons. The van der Waals surface area contributed by atoms with Gasteiger partial charge in [-0.1, -0.05) is 103 Å². The zero-order valence-corrected chi connectivity index (χ0v) is 29.3. The number of alkyl carbamates (subject to hydrolysis) is 2. The molecule has 0 saturated carbocycles. The highest BCUT2D eigenvalue weighted by atomic mass is 16.6. The fourth-order valence-corrected chi connectivity index (χ4v) is 5.89. The maximum Gasteiger partial charge on any atom is 0.414 e. The minimum absolute atomic E-state index is 0.00567. The van der Waals surface area contributed by atoms with E-state index in [1.807, 2.05) is 85.8 Å². The van der Waals surface area contributed by atoms with E-state index < -0.39 is 42.1 Å². The van der Waals surface area contributed by atoms with Crippen LogP contribution in [0.15, 0.2) is 108 Å². The summed E-state index contributed by atoms with van der Waals surface area (Å²) in [4.78, 5) is 71.9. The second-order valence-electron chi connectivity index (χ2n) is 12.5. The van der Waals surface area contributed by atoms with Gasteiger partial charge in [0, 0.05) is 20.6 Å². The lowest BCUT2D eigenvalue weighted by molar-refractivity contribution is -0.161. The number of imide groups is 1. The number of aliphatic imine (C=N–C) groups is 1. The van der Waals surface area contributed by atoms with E-state index in [0.717, 1.165) is 32.4 Å². The Hall–Kier alpha value is -6.24. The summed E-state index contributed by atoms with van der Waals surface area (Å²) in [7, 11) is 3.14. The van der Waals surface area contributed by atoms with Gasteiger partial charge in [0.2, 0.25) is 17.8 Å². The van der Waals surface area contributed by atoms with Crippen LogP contribution >= 0.6 is 0 Å². The number of β-lactam (4-membered cyclic amide) rings is 1. The summed E-state index contributed by atoms with van der Waals surface area (Å²) < 4.78 is 10.6. The molecule has 0 aromatic heterocycles. The van der Waals surface area contributed by atoms with E-state index in [1.165, 1.54) is 4.90 Å². The lowest BCUT2D eigenvalue weighted by Crippen LogP contribution is -2.69. The van der Waals surface area contributed by atoms with Crippen LogP contribution in [0.1, 0.15) is 42.5 Å². The Kier molecular flexibility index (Phi) is 12.5. The first kappa shape index (κ1) is 37.0. The van der Waals surface area contributed by atoms with Crippen LogP contribution in [0.2, 0.25) is 0 Å². The quantitative estimate of drug-likeness (QED) is 0.0803. The monoisotopic (exact) mass is 706 g/mol. The first-order chi connectivity index (χ1) is 25.1. The third kappa shape index (κ3) is 9.50. The standard InChI is InChI=1S/C39H42N6O7/c1-26(30-21-12-19-29-18-10-11-20-31(29)30)41-37(48)45-33(35(47)44(2)3)32(34(45)46)22-13-23-40-36(42-38(49)51-24-27-14-6-4-7-15-27)43-39(50)52-25-28-16-8-5-9-17-28/h4-12,14-21,26,32-33H,13,22-25H2,1-3H3,(H,41,48)(H2,40,42,43,49,50)/t26?,32-,33?/m1/s1. The number of likely N-dealkylation sites (N-methyl/N-ethyl adjacent to an activating group) is 1.